The van der Waals surface area contributed by atoms with Gasteiger partial charge in [-0.15, -0.1) is 0 Å². The average Bonchev–Trinajstić information content (AvgIpc) is 2.91. The molecule has 0 unspecified atom stereocenters. The summed E-state index contributed by atoms with van der Waals surface area (Å²) in [6, 6.07) is 11.8. The third-order valence-corrected chi connectivity index (χ3v) is 5.11. The number of rotatable bonds is 5. The van der Waals surface area contributed by atoms with Crippen LogP contribution in [0, 0.1) is 13.8 Å². The normalized spacial score (nSPS) is 16.2. The van der Waals surface area contributed by atoms with Crippen LogP contribution < -0.4 is 5.32 Å². The summed E-state index contributed by atoms with van der Waals surface area (Å²) in [5.41, 5.74) is 2.21. The lowest BCUT2D eigenvalue weighted by atomic mass is 9.89. The first-order valence-electron chi connectivity index (χ1n) is 8.77. The standard InChI is InChI=1S/C20H24N2O4/c1-14-12-17(15(2)22(14)13-16-6-4-3-5-7-16)18(23)21-20(19(24)25)8-10-26-11-9-20/h3-7,12H,8-11,13H2,1-2H3,(H,21,23)(H,24,25). The highest BCUT2D eigenvalue weighted by molar-refractivity contribution is 5.99. The smallest absolute Gasteiger partial charge is 0.329 e. The predicted octanol–water partition coefficient (Wildman–Crippen LogP) is 2.52. The van der Waals surface area contributed by atoms with E-state index in [1.165, 1.54) is 0 Å². The number of benzene rings is 1. The van der Waals surface area contributed by atoms with Crippen LogP contribution in [0.3, 0.4) is 0 Å². The Morgan fingerprint density at radius 3 is 2.46 bits per heavy atom. The summed E-state index contributed by atoms with van der Waals surface area (Å²) in [7, 11) is 0. The van der Waals surface area contributed by atoms with Crippen molar-refractivity contribution in [1.29, 1.82) is 0 Å². The van der Waals surface area contributed by atoms with Crippen molar-refractivity contribution < 1.29 is 19.4 Å². The van der Waals surface area contributed by atoms with Crippen molar-refractivity contribution in [3.63, 3.8) is 0 Å². The molecular formula is C20H24N2O4. The van der Waals surface area contributed by atoms with Gasteiger partial charge >= 0.3 is 5.97 Å². The largest absolute Gasteiger partial charge is 0.480 e. The Hall–Kier alpha value is -2.60. The zero-order valence-corrected chi connectivity index (χ0v) is 15.1. The molecule has 1 amide bonds. The fourth-order valence-corrected chi connectivity index (χ4v) is 3.44. The molecule has 6 heteroatoms. The molecule has 0 bridgehead atoms. The minimum atomic E-state index is -1.25. The van der Waals surface area contributed by atoms with Gasteiger partial charge in [0.1, 0.15) is 5.54 Å². The van der Waals surface area contributed by atoms with E-state index in [4.69, 9.17) is 4.74 Å². The molecule has 138 valence electrons. The van der Waals surface area contributed by atoms with Crippen LogP contribution in [0.2, 0.25) is 0 Å². The number of carboxylic acids is 1. The zero-order valence-electron chi connectivity index (χ0n) is 15.1. The van der Waals surface area contributed by atoms with Gasteiger partial charge in [0.15, 0.2) is 0 Å². The summed E-state index contributed by atoms with van der Waals surface area (Å²) in [5, 5.41) is 12.4. The van der Waals surface area contributed by atoms with Crippen molar-refractivity contribution in [3.05, 3.63) is 58.9 Å². The molecule has 2 N–H and O–H groups in total. The van der Waals surface area contributed by atoms with Crippen molar-refractivity contribution in [2.75, 3.05) is 13.2 Å². The number of aryl methyl sites for hydroxylation is 1. The van der Waals surface area contributed by atoms with Crippen LogP contribution in [0.15, 0.2) is 36.4 Å². The third-order valence-electron chi connectivity index (χ3n) is 5.11. The highest BCUT2D eigenvalue weighted by atomic mass is 16.5. The van der Waals surface area contributed by atoms with E-state index in [9.17, 15) is 14.7 Å². The van der Waals surface area contributed by atoms with E-state index in [-0.39, 0.29) is 18.7 Å². The molecule has 26 heavy (non-hydrogen) atoms. The lowest BCUT2D eigenvalue weighted by Crippen LogP contribution is -2.57. The van der Waals surface area contributed by atoms with Crippen molar-refractivity contribution in [3.8, 4) is 0 Å². The minimum absolute atomic E-state index is 0.275. The number of aliphatic carboxylic acids is 1. The first-order valence-corrected chi connectivity index (χ1v) is 8.77. The van der Waals surface area contributed by atoms with Gasteiger partial charge in [-0.25, -0.2) is 4.79 Å². The van der Waals surface area contributed by atoms with Crippen molar-refractivity contribution in [2.45, 2.75) is 38.8 Å². The Bertz CT molecular complexity index is 805. The highest BCUT2D eigenvalue weighted by Crippen LogP contribution is 2.23. The van der Waals surface area contributed by atoms with Gasteiger partial charge < -0.3 is 19.7 Å². The second-order valence-corrected chi connectivity index (χ2v) is 6.81. The van der Waals surface area contributed by atoms with Crippen LogP contribution >= 0.6 is 0 Å². The predicted molar refractivity (Wildman–Crippen MR) is 97.3 cm³/mol. The number of ether oxygens (including phenoxy) is 1. The number of nitrogens with zero attached hydrogens (tertiary/aromatic N) is 1. The fourth-order valence-electron chi connectivity index (χ4n) is 3.44. The Morgan fingerprint density at radius 2 is 1.85 bits per heavy atom. The van der Waals surface area contributed by atoms with Crippen LogP contribution in [0.5, 0.6) is 0 Å². The summed E-state index contributed by atoms with van der Waals surface area (Å²) < 4.78 is 7.33. The quantitative estimate of drug-likeness (QED) is 0.863. The van der Waals surface area contributed by atoms with E-state index in [0.717, 1.165) is 17.0 Å². The highest BCUT2D eigenvalue weighted by Gasteiger charge is 2.42. The summed E-state index contributed by atoms with van der Waals surface area (Å²) >= 11 is 0. The molecule has 1 aromatic heterocycles. The van der Waals surface area contributed by atoms with Crippen LogP contribution in [0.25, 0.3) is 0 Å². The number of hydrogen-bond acceptors (Lipinski definition) is 3. The minimum Gasteiger partial charge on any atom is -0.480 e. The molecule has 0 saturated carbocycles. The lowest BCUT2D eigenvalue weighted by molar-refractivity contribution is -0.148. The van der Waals surface area contributed by atoms with Gasteiger partial charge in [0.25, 0.3) is 5.91 Å². The Morgan fingerprint density at radius 1 is 1.19 bits per heavy atom. The van der Waals surface area contributed by atoms with E-state index in [0.29, 0.717) is 25.3 Å². The number of hydrogen-bond donors (Lipinski definition) is 2. The third kappa shape index (κ3) is 3.51. The van der Waals surface area contributed by atoms with Gasteiger partial charge in [0, 0.05) is 44.0 Å². The molecule has 1 aliphatic rings. The molecule has 6 nitrogen and oxygen atoms in total. The van der Waals surface area contributed by atoms with E-state index in [1.54, 1.807) is 0 Å². The molecule has 0 spiro atoms. The number of carboxylic acid groups (broad SMARTS) is 1. The number of nitrogens with one attached hydrogen (secondary N) is 1. The van der Waals surface area contributed by atoms with Gasteiger partial charge in [-0.05, 0) is 25.5 Å². The number of carbonyl (C=O) groups excluding carboxylic acids is 1. The summed E-state index contributed by atoms with van der Waals surface area (Å²) in [6.45, 7) is 5.18. The molecule has 2 aromatic rings. The molecule has 0 atom stereocenters. The second kappa shape index (κ2) is 7.33. The zero-order chi connectivity index (χ0) is 18.7. The molecule has 1 aromatic carbocycles. The van der Waals surface area contributed by atoms with Gasteiger partial charge in [-0.3, -0.25) is 4.79 Å². The average molecular weight is 356 g/mol. The Balaban J connectivity index is 1.84. The van der Waals surface area contributed by atoms with Crippen LogP contribution in [0.4, 0.5) is 0 Å². The van der Waals surface area contributed by atoms with E-state index >= 15 is 0 Å². The molecule has 1 fully saturated rings. The monoisotopic (exact) mass is 356 g/mol. The maximum Gasteiger partial charge on any atom is 0.329 e. The van der Waals surface area contributed by atoms with Gasteiger partial charge in [0.05, 0.1) is 5.56 Å². The molecule has 2 heterocycles. The lowest BCUT2D eigenvalue weighted by Gasteiger charge is -2.33. The topological polar surface area (TPSA) is 80.6 Å². The van der Waals surface area contributed by atoms with E-state index < -0.39 is 11.5 Å². The van der Waals surface area contributed by atoms with Crippen LogP contribution in [-0.4, -0.2) is 40.3 Å². The van der Waals surface area contributed by atoms with Gasteiger partial charge in [0.2, 0.25) is 0 Å². The fraction of sp³-hybridized carbons (Fsp3) is 0.400. The Labute approximate surface area is 152 Å². The van der Waals surface area contributed by atoms with Crippen LogP contribution in [-0.2, 0) is 16.1 Å². The van der Waals surface area contributed by atoms with Crippen molar-refractivity contribution in [1.82, 2.24) is 9.88 Å². The molecule has 1 aliphatic heterocycles. The second-order valence-electron chi connectivity index (χ2n) is 6.81. The Kier molecular flexibility index (Phi) is 5.13. The van der Waals surface area contributed by atoms with E-state index in [1.807, 2.05) is 50.2 Å². The SMILES string of the molecule is Cc1cc(C(=O)NC2(C(=O)O)CCOCC2)c(C)n1Cc1ccccc1. The van der Waals surface area contributed by atoms with Crippen molar-refractivity contribution >= 4 is 11.9 Å². The number of carbonyl (C=O) groups is 2. The summed E-state index contributed by atoms with van der Waals surface area (Å²) in [4.78, 5) is 24.6. The first-order chi connectivity index (χ1) is 12.4. The van der Waals surface area contributed by atoms with Gasteiger partial charge in [-0.1, -0.05) is 30.3 Å². The van der Waals surface area contributed by atoms with Crippen molar-refractivity contribution in [2.24, 2.45) is 0 Å². The molecule has 1 saturated heterocycles. The number of amides is 1. The molecule has 3 rings (SSSR count). The van der Waals surface area contributed by atoms with Gasteiger partial charge in [-0.2, -0.15) is 0 Å². The summed E-state index contributed by atoms with van der Waals surface area (Å²) in [5.74, 6) is -1.35. The summed E-state index contributed by atoms with van der Waals surface area (Å²) in [6.07, 6.45) is 0.549. The first kappa shape index (κ1) is 18.2. The maximum atomic E-state index is 12.8. The molecule has 0 radical (unpaired) electrons. The maximum absolute atomic E-state index is 12.8. The van der Waals surface area contributed by atoms with Crippen LogP contribution in [0.1, 0.15) is 40.2 Å². The number of aromatic nitrogens is 1. The molecule has 0 aliphatic carbocycles. The molecular weight excluding hydrogens is 332 g/mol. The van der Waals surface area contributed by atoms with E-state index in [2.05, 4.69) is 9.88 Å².